The monoisotopic (exact) mass is 385 g/mol. The molecule has 5 heterocycles. The predicted octanol–water partition coefficient (Wildman–Crippen LogP) is 1.97. The van der Waals surface area contributed by atoms with Gasteiger partial charge in [0.1, 0.15) is 16.9 Å². The molecule has 0 radical (unpaired) electrons. The molecule has 0 bridgehead atoms. The van der Waals surface area contributed by atoms with Crippen molar-refractivity contribution in [1.29, 1.82) is 0 Å². The van der Waals surface area contributed by atoms with Gasteiger partial charge in [0.05, 0.1) is 0 Å². The number of hydrogen-bond acceptors (Lipinski definition) is 8. The van der Waals surface area contributed by atoms with Gasteiger partial charge >= 0.3 is 0 Å². The van der Waals surface area contributed by atoms with Gasteiger partial charge in [0.2, 0.25) is 0 Å². The Morgan fingerprint density at radius 2 is 2.22 bits per heavy atom. The summed E-state index contributed by atoms with van der Waals surface area (Å²) in [5.41, 5.74) is 0.793. The second-order valence-electron chi connectivity index (χ2n) is 7.28. The van der Waals surface area contributed by atoms with Crippen molar-refractivity contribution in [3.05, 3.63) is 34.0 Å². The quantitative estimate of drug-likeness (QED) is 0.695. The fraction of sp³-hybridized carbons (Fsp3) is 0.556. The Kier molecular flexibility index (Phi) is 4.50. The Balaban J connectivity index is 1.09. The van der Waals surface area contributed by atoms with Crippen molar-refractivity contribution in [2.45, 2.75) is 32.4 Å². The lowest BCUT2D eigenvalue weighted by Gasteiger charge is -2.40. The highest BCUT2D eigenvalue weighted by Crippen LogP contribution is 2.31. The van der Waals surface area contributed by atoms with Crippen molar-refractivity contribution < 1.29 is 4.74 Å². The van der Waals surface area contributed by atoms with E-state index in [4.69, 9.17) is 4.74 Å². The van der Waals surface area contributed by atoms with E-state index in [1.807, 2.05) is 25.3 Å². The molecule has 2 fully saturated rings. The average Bonchev–Trinajstić information content (AvgIpc) is 3.38. The number of nitrogens with zero attached hydrogens (tertiary/aromatic N) is 6. The summed E-state index contributed by atoms with van der Waals surface area (Å²) < 4.78 is 7.51. The van der Waals surface area contributed by atoms with Crippen molar-refractivity contribution >= 4 is 22.8 Å². The maximum atomic E-state index is 5.71. The number of rotatable bonds is 6. The van der Waals surface area contributed by atoms with Crippen LogP contribution in [-0.2, 0) is 11.3 Å². The molecule has 1 atom stereocenters. The summed E-state index contributed by atoms with van der Waals surface area (Å²) in [6, 6.07) is 4.00. The summed E-state index contributed by atoms with van der Waals surface area (Å²) >= 11 is 1.77. The first kappa shape index (κ1) is 17.0. The van der Waals surface area contributed by atoms with Gasteiger partial charge in [-0.15, -0.1) is 26.6 Å². The van der Waals surface area contributed by atoms with E-state index >= 15 is 0 Å². The lowest BCUT2D eigenvalue weighted by atomic mass is 10.0. The number of ether oxygens (including phenoxy) is 1. The van der Waals surface area contributed by atoms with Crippen LogP contribution in [0.2, 0.25) is 0 Å². The minimum absolute atomic E-state index is 0.225. The van der Waals surface area contributed by atoms with Crippen molar-refractivity contribution in [2.75, 3.05) is 31.1 Å². The van der Waals surface area contributed by atoms with E-state index in [0.717, 1.165) is 67.9 Å². The molecule has 27 heavy (non-hydrogen) atoms. The van der Waals surface area contributed by atoms with E-state index in [0.29, 0.717) is 5.92 Å². The van der Waals surface area contributed by atoms with E-state index in [2.05, 4.69) is 30.5 Å². The van der Waals surface area contributed by atoms with Crippen LogP contribution in [0.5, 0.6) is 0 Å². The molecule has 2 aliphatic heterocycles. The number of aromatic nitrogens is 5. The fourth-order valence-corrected chi connectivity index (χ4v) is 4.64. The van der Waals surface area contributed by atoms with Crippen LogP contribution >= 0.6 is 11.3 Å². The molecule has 142 valence electrons. The predicted molar refractivity (Wildman–Crippen MR) is 103 cm³/mol. The van der Waals surface area contributed by atoms with Crippen LogP contribution in [0, 0.1) is 12.8 Å². The van der Waals surface area contributed by atoms with E-state index in [-0.39, 0.29) is 6.10 Å². The molecule has 0 aromatic carbocycles. The molecule has 3 aromatic rings. The minimum atomic E-state index is 0.225. The normalized spacial score (nSPS) is 20.5. The van der Waals surface area contributed by atoms with Gasteiger partial charge in [-0.3, -0.25) is 0 Å². The molecule has 0 saturated carbocycles. The Hall–Kier alpha value is -2.10. The molecule has 0 spiro atoms. The van der Waals surface area contributed by atoms with Crippen LogP contribution in [-0.4, -0.2) is 51.0 Å². The summed E-state index contributed by atoms with van der Waals surface area (Å²) in [5.74, 6) is 2.46. The molecule has 2 saturated heterocycles. The first-order valence-electron chi connectivity index (χ1n) is 9.47. The molecule has 0 aliphatic carbocycles. The van der Waals surface area contributed by atoms with Gasteiger partial charge in [0, 0.05) is 49.8 Å². The first-order chi connectivity index (χ1) is 13.3. The topological polar surface area (TPSA) is 80.5 Å². The van der Waals surface area contributed by atoms with Crippen LogP contribution in [0.1, 0.15) is 34.7 Å². The number of nitrogens with one attached hydrogen (secondary N) is 1. The molecule has 0 amide bonds. The third-order valence-corrected chi connectivity index (χ3v) is 6.28. The van der Waals surface area contributed by atoms with Gasteiger partial charge in [-0.05, 0) is 31.9 Å². The Bertz CT molecular complexity index is 927. The molecule has 1 unspecified atom stereocenters. The fourth-order valence-electron chi connectivity index (χ4n) is 3.67. The maximum absolute atomic E-state index is 5.71. The standard InChI is InChI=1S/C18H23N7OS/c1-12-21-22-16-4-5-17(23-25(12)16)24-10-13(11-24)7-19-8-14-9-20-18(27-14)15-3-2-6-26-15/h4-5,9,13,15,19H,2-3,6-8,10-11H2,1H3. The minimum Gasteiger partial charge on any atom is -0.371 e. The molecule has 9 heteroatoms. The highest BCUT2D eigenvalue weighted by Gasteiger charge is 2.28. The largest absolute Gasteiger partial charge is 0.371 e. The highest BCUT2D eigenvalue weighted by molar-refractivity contribution is 7.11. The van der Waals surface area contributed by atoms with Crippen LogP contribution in [0.25, 0.3) is 5.65 Å². The second-order valence-corrected chi connectivity index (χ2v) is 8.42. The first-order valence-corrected chi connectivity index (χ1v) is 10.3. The third-order valence-electron chi connectivity index (χ3n) is 5.19. The summed E-state index contributed by atoms with van der Waals surface area (Å²) in [5, 5.41) is 17.5. The van der Waals surface area contributed by atoms with Crippen LogP contribution in [0.3, 0.4) is 0 Å². The zero-order valence-corrected chi connectivity index (χ0v) is 16.2. The number of aryl methyl sites for hydroxylation is 1. The van der Waals surface area contributed by atoms with Crippen molar-refractivity contribution in [1.82, 2.24) is 30.1 Å². The number of anilines is 1. The summed E-state index contributed by atoms with van der Waals surface area (Å²) in [6.45, 7) is 6.73. The van der Waals surface area contributed by atoms with Crippen molar-refractivity contribution in [3.63, 3.8) is 0 Å². The molecule has 2 aliphatic rings. The zero-order valence-electron chi connectivity index (χ0n) is 15.3. The second kappa shape index (κ2) is 7.14. The van der Waals surface area contributed by atoms with Gasteiger partial charge in [-0.2, -0.15) is 4.52 Å². The van der Waals surface area contributed by atoms with Gasteiger partial charge < -0.3 is 15.0 Å². The Morgan fingerprint density at radius 3 is 3.07 bits per heavy atom. The Morgan fingerprint density at radius 1 is 1.30 bits per heavy atom. The summed E-state index contributed by atoms with van der Waals surface area (Å²) in [7, 11) is 0. The Labute approximate surface area is 161 Å². The van der Waals surface area contributed by atoms with Gasteiger partial charge in [0.25, 0.3) is 0 Å². The van der Waals surface area contributed by atoms with Crippen LogP contribution in [0.15, 0.2) is 18.3 Å². The SMILES string of the molecule is Cc1nnc2ccc(N3CC(CNCc4cnc(C5CCCO5)s4)C3)nn12. The van der Waals surface area contributed by atoms with Crippen LogP contribution in [0.4, 0.5) is 5.82 Å². The van der Waals surface area contributed by atoms with Crippen LogP contribution < -0.4 is 10.2 Å². The van der Waals surface area contributed by atoms with E-state index in [1.165, 1.54) is 4.88 Å². The lowest BCUT2D eigenvalue weighted by molar-refractivity contribution is 0.111. The maximum Gasteiger partial charge on any atom is 0.178 e. The molecule has 3 aromatic heterocycles. The molecule has 1 N–H and O–H groups in total. The smallest absolute Gasteiger partial charge is 0.178 e. The van der Waals surface area contributed by atoms with Crippen molar-refractivity contribution in [2.24, 2.45) is 5.92 Å². The van der Waals surface area contributed by atoms with Gasteiger partial charge in [-0.1, -0.05) is 0 Å². The van der Waals surface area contributed by atoms with E-state index in [1.54, 1.807) is 15.9 Å². The lowest BCUT2D eigenvalue weighted by Crippen LogP contribution is -2.51. The van der Waals surface area contributed by atoms with E-state index in [9.17, 15) is 0 Å². The van der Waals surface area contributed by atoms with E-state index < -0.39 is 0 Å². The van der Waals surface area contributed by atoms with Gasteiger partial charge in [-0.25, -0.2) is 4.98 Å². The number of fused-ring (bicyclic) bond motifs is 1. The highest BCUT2D eigenvalue weighted by atomic mass is 32.1. The average molecular weight is 385 g/mol. The summed E-state index contributed by atoms with van der Waals surface area (Å²) in [4.78, 5) is 8.12. The number of hydrogen-bond donors (Lipinski definition) is 1. The molecular weight excluding hydrogens is 362 g/mol. The van der Waals surface area contributed by atoms with Crippen molar-refractivity contribution in [3.8, 4) is 0 Å². The number of thiazole rings is 1. The third kappa shape index (κ3) is 3.42. The van der Waals surface area contributed by atoms with Gasteiger partial charge in [0.15, 0.2) is 11.5 Å². The molecule has 5 rings (SSSR count). The molecule has 8 nitrogen and oxygen atoms in total. The zero-order chi connectivity index (χ0) is 18.2. The molecular formula is C18H23N7OS. The summed E-state index contributed by atoms with van der Waals surface area (Å²) in [6.07, 6.45) is 4.47.